The fourth-order valence-electron chi connectivity index (χ4n) is 6.27. The summed E-state index contributed by atoms with van der Waals surface area (Å²) < 4.78 is 11.0. The molecule has 2 aliphatic rings. The number of carbonyl (C=O) groups is 3. The Kier molecular flexibility index (Phi) is 12.6. The van der Waals surface area contributed by atoms with E-state index in [1.807, 2.05) is 69.9 Å². The molecule has 1 unspecified atom stereocenters. The summed E-state index contributed by atoms with van der Waals surface area (Å²) in [6.45, 7) is 13.1. The zero-order valence-electron chi connectivity index (χ0n) is 28.8. The molecule has 3 amide bonds. The summed E-state index contributed by atoms with van der Waals surface area (Å²) in [5.41, 5.74) is 1.09. The molecule has 2 saturated heterocycles. The number of hydrogen-bond acceptors (Lipinski definition) is 8. The van der Waals surface area contributed by atoms with Gasteiger partial charge in [-0.05, 0) is 30.7 Å². The zero-order valence-corrected chi connectivity index (χ0v) is 28.8. The average Bonchev–Trinajstić information content (AvgIpc) is 3.05. The lowest BCUT2D eigenvalue weighted by atomic mass is 9.90. The maximum absolute atomic E-state index is 14.5. The van der Waals surface area contributed by atoms with E-state index >= 15 is 0 Å². The molecule has 12 nitrogen and oxygen atoms in total. The van der Waals surface area contributed by atoms with Crippen molar-refractivity contribution in [2.75, 3.05) is 65.0 Å². The van der Waals surface area contributed by atoms with Crippen LogP contribution < -0.4 is 5.32 Å². The molecule has 2 aliphatic heterocycles. The monoisotopic (exact) mass is 652 g/mol. The molecular weight excluding hydrogens is 600 g/mol. The molecule has 3 atom stereocenters. The average molecular weight is 653 g/mol. The number of benzene rings is 1. The maximum atomic E-state index is 14.5. The lowest BCUT2D eigenvalue weighted by molar-refractivity contribution is -0.146. The highest BCUT2D eigenvalue weighted by Crippen LogP contribution is 2.29. The third kappa shape index (κ3) is 9.63. The van der Waals surface area contributed by atoms with Crippen LogP contribution in [0.15, 0.2) is 36.5 Å². The Morgan fingerprint density at radius 2 is 1.91 bits per heavy atom. The van der Waals surface area contributed by atoms with E-state index in [1.54, 1.807) is 18.2 Å². The van der Waals surface area contributed by atoms with E-state index in [0.717, 1.165) is 12.0 Å². The molecule has 3 heterocycles. The number of carboxylic acid groups (broad SMARTS) is 1. The van der Waals surface area contributed by atoms with Gasteiger partial charge in [-0.3, -0.25) is 9.59 Å². The molecule has 2 N–H and O–H groups in total. The van der Waals surface area contributed by atoms with Gasteiger partial charge in [0.1, 0.15) is 17.2 Å². The smallest absolute Gasteiger partial charge is 0.407 e. The number of likely N-dealkylation sites (tertiary alicyclic amines) is 1. The first-order chi connectivity index (χ1) is 22.4. The van der Waals surface area contributed by atoms with Crippen molar-refractivity contribution in [3.8, 4) is 0 Å². The fourth-order valence-corrected chi connectivity index (χ4v) is 6.27. The Bertz CT molecular complexity index is 1350. The van der Waals surface area contributed by atoms with Gasteiger partial charge in [-0.2, -0.15) is 0 Å². The Morgan fingerprint density at radius 3 is 2.57 bits per heavy atom. The highest BCUT2D eigenvalue weighted by molar-refractivity contribution is 5.98. The first-order valence-electron chi connectivity index (χ1n) is 16.7. The van der Waals surface area contributed by atoms with Crippen molar-refractivity contribution < 1.29 is 29.0 Å². The fraction of sp³-hybridized carbons (Fsp3) is 0.629. The highest BCUT2D eigenvalue weighted by atomic mass is 16.5. The molecule has 47 heavy (non-hydrogen) atoms. The molecule has 1 aromatic carbocycles. The van der Waals surface area contributed by atoms with Gasteiger partial charge in [0.05, 0.1) is 31.2 Å². The molecule has 258 valence electrons. The van der Waals surface area contributed by atoms with Gasteiger partial charge in [-0.25, -0.2) is 14.8 Å². The second-order valence-electron chi connectivity index (χ2n) is 14.1. The van der Waals surface area contributed by atoms with Crippen LogP contribution in [0.1, 0.15) is 69.2 Å². The highest BCUT2D eigenvalue weighted by Gasteiger charge is 2.42. The summed E-state index contributed by atoms with van der Waals surface area (Å²) in [6, 6.07) is 9.31. The van der Waals surface area contributed by atoms with Crippen LogP contribution in [0.2, 0.25) is 0 Å². The standard InChI is InChI=1S/C35H52N6O6/c1-24(2)20-41(32(43)29-19-37-33(35(3,4)5)38-30(29)36-13-10-15-46-6)27-18-26(21-39(22-27)34(44)45)31(42)40-14-16-47-23-28(40)17-25-11-8-7-9-12-25/h7-9,11-12,19,24,26-28H,10,13-18,20-23H2,1-6H3,(H,44,45)(H,36,37,38)/t26-,27+,28?/m1/s1. The lowest BCUT2D eigenvalue weighted by Gasteiger charge is -2.44. The summed E-state index contributed by atoms with van der Waals surface area (Å²) >= 11 is 0. The van der Waals surface area contributed by atoms with Gasteiger partial charge < -0.3 is 34.6 Å². The van der Waals surface area contributed by atoms with E-state index in [-0.39, 0.29) is 42.3 Å². The van der Waals surface area contributed by atoms with Crippen molar-refractivity contribution in [1.29, 1.82) is 0 Å². The van der Waals surface area contributed by atoms with Crippen LogP contribution >= 0.6 is 0 Å². The van der Waals surface area contributed by atoms with E-state index in [2.05, 4.69) is 10.3 Å². The van der Waals surface area contributed by atoms with E-state index in [4.69, 9.17) is 14.5 Å². The quantitative estimate of drug-likeness (QED) is 0.324. The number of piperidine rings is 1. The van der Waals surface area contributed by atoms with Crippen molar-refractivity contribution in [3.05, 3.63) is 53.5 Å². The number of hydrogen-bond donors (Lipinski definition) is 2. The number of carbonyl (C=O) groups excluding carboxylic acids is 2. The normalized spacial score (nSPS) is 20.3. The van der Waals surface area contributed by atoms with Gasteiger partial charge in [0.15, 0.2) is 0 Å². The minimum atomic E-state index is -1.11. The van der Waals surface area contributed by atoms with E-state index < -0.39 is 18.1 Å². The van der Waals surface area contributed by atoms with Crippen LogP contribution in [0.4, 0.5) is 10.6 Å². The second kappa shape index (κ2) is 16.4. The molecule has 1 aromatic heterocycles. The third-order valence-corrected chi connectivity index (χ3v) is 8.64. The Balaban J connectivity index is 1.63. The van der Waals surface area contributed by atoms with Crippen LogP contribution in [-0.2, 0) is 26.1 Å². The van der Waals surface area contributed by atoms with E-state index in [0.29, 0.717) is 69.5 Å². The molecule has 12 heteroatoms. The predicted molar refractivity (Wildman–Crippen MR) is 180 cm³/mol. The molecule has 0 bridgehead atoms. The van der Waals surface area contributed by atoms with Crippen LogP contribution in [0.25, 0.3) is 0 Å². The van der Waals surface area contributed by atoms with Crippen LogP contribution in [0, 0.1) is 11.8 Å². The van der Waals surface area contributed by atoms with Crippen molar-refractivity contribution in [1.82, 2.24) is 24.7 Å². The Hall–Kier alpha value is -3.77. The number of rotatable bonds is 12. The number of anilines is 1. The topological polar surface area (TPSA) is 137 Å². The van der Waals surface area contributed by atoms with Crippen LogP contribution in [0.5, 0.6) is 0 Å². The van der Waals surface area contributed by atoms with Gasteiger partial charge >= 0.3 is 6.09 Å². The molecule has 4 rings (SSSR count). The summed E-state index contributed by atoms with van der Waals surface area (Å²) in [5.74, 6) is 0.154. The summed E-state index contributed by atoms with van der Waals surface area (Å²) in [7, 11) is 1.65. The summed E-state index contributed by atoms with van der Waals surface area (Å²) in [4.78, 5) is 55.3. The molecule has 2 fully saturated rings. The molecule has 0 radical (unpaired) electrons. The SMILES string of the molecule is COCCCNc1nc(C(C)(C)C)ncc1C(=O)N(CC(C)C)[C@H]1C[C@@H](C(=O)N2CCOCC2Cc2ccccc2)CN(C(=O)O)C1. The first-order valence-corrected chi connectivity index (χ1v) is 16.7. The third-order valence-electron chi connectivity index (χ3n) is 8.64. The number of nitrogens with zero attached hydrogens (tertiary/aromatic N) is 5. The van der Waals surface area contributed by atoms with E-state index in [9.17, 15) is 19.5 Å². The molecule has 0 spiro atoms. The Morgan fingerprint density at radius 1 is 1.17 bits per heavy atom. The first kappa shape index (κ1) is 36.1. The van der Waals surface area contributed by atoms with E-state index in [1.165, 1.54) is 4.90 Å². The molecular formula is C35H52N6O6. The maximum Gasteiger partial charge on any atom is 0.407 e. The minimum absolute atomic E-state index is 0.0828. The largest absolute Gasteiger partial charge is 0.465 e. The number of ether oxygens (including phenoxy) is 2. The molecule has 2 aromatic rings. The Labute approximate surface area is 278 Å². The van der Waals surface area contributed by atoms with Crippen LogP contribution in [-0.4, -0.2) is 119 Å². The van der Waals surface area contributed by atoms with Gasteiger partial charge in [0, 0.05) is 58.1 Å². The molecule has 0 aliphatic carbocycles. The molecule has 0 saturated carbocycles. The van der Waals surface area contributed by atoms with Crippen LogP contribution in [0.3, 0.4) is 0 Å². The van der Waals surface area contributed by atoms with Gasteiger partial charge in [0.25, 0.3) is 5.91 Å². The number of methoxy groups -OCH3 is 1. The number of morpholine rings is 1. The van der Waals surface area contributed by atoms with Crippen molar-refractivity contribution in [3.63, 3.8) is 0 Å². The number of amides is 3. The lowest BCUT2D eigenvalue weighted by Crippen LogP contribution is -2.59. The van der Waals surface area contributed by atoms with Crippen molar-refractivity contribution in [2.24, 2.45) is 11.8 Å². The minimum Gasteiger partial charge on any atom is -0.465 e. The number of aromatic nitrogens is 2. The van der Waals surface area contributed by atoms with Gasteiger partial charge in [-0.15, -0.1) is 0 Å². The zero-order chi connectivity index (χ0) is 34.1. The summed E-state index contributed by atoms with van der Waals surface area (Å²) in [5, 5.41) is 13.5. The summed E-state index contributed by atoms with van der Waals surface area (Å²) in [6.07, 6.45) is 2.19. The van der Waals surface area contributed by atoms with Crippen molar-refractivity contribution in [2.45, 2.75) is 71.4 Å². The van der Waals surface area contributed by atoms with Crippen molar-refractivity contribution >= 4 is 23.7 Å². The number of nitrogens with one attached hydrogen (secondary N) is 1. The van der Waals surface area contributed by atoms with Gasteiger partial charge in [-0.1, -0.05) is 65.0 Å². The second-order valence-corrected chi connectivity index (χ2v) is 14.1. The predicted octanol–water partition coefficient (Wildman–Crippen LogP) is 4.16. The van der Waals surface area contributed by atoms with Gasteiger partial charge in [0.2, 0.25) is 5.91 Å².